The number of carbonyl (C=O) groups excluding carboxylic acids is 1. The number of carboxylic acids is 1. The van der Waals surface area contributed by atoms with Crippen molar-refractivity contribution >= 4 is 24.3 Å². The maximum atomic E-state index is 12.6. The third kappa shape index (κ3) is 5.22. The molecule has 2 rings (SSSR count). The van der Waals surface area contributed by atoms with Crippen LogP contribution in [0.1, 0.15) is 25.3 Å². The lowest BCUT2D eigenvalue weighted by Gasteiger charge is -2.36. The van der Waals surface area contributed by atoms with Gasteiger partial charge in [-0.3, -0.25) is 14.5 Å². The Balaban J connectivity index is 0.00000264. The lowest BCUT2D eigenvalue weighted by molar-refractivity contribution is -0.146. The van der Waals surface area contributed by atoms with Gasteiger partial charge in [0.25, 0.3) is 0 Å². The van der Waals surface area contributed by atoms with Gasteiger partial charge < -0.3 is 10.0 Å². The Morgan fingerprint density at radius 1 is 1.35 bits per heavy atom. The molecule has 6 heteroatoms. The third-order valence-electron chi connectivity index (χ3n) is 4.35. The molecule has 0 aromatic heterocycles. The highest BCUT2D eigenvalue weighted by molar-refractivity contribution is 5.85. The highest BCUT2D eigenvalue weighted by atomic mass is 35.5. The van der Waals surface area contributed by atoms with E-state index in [0.29, 0.717) is 19.5 Å². The number of rotatable bonds is 5. The van der Waals surface area contributed by atoms with Gasteiger partial charge in [0.05, 0.1) is 12.0 Å². The summed E-state index contributed by atoms with van der Waals surface area (Å²) in [6.07, 6.45) is 1.53. The van der Waals surface area contributed by atoms with Crippen molar-refractivity contribution in [2.24, 2.45) is 5.92 Å². The fraction of sp³-hybridized carbons (Fsp3) is 0.529. The lowest BCUT2D eigenvalue weighted by atomic mass is 9.97. The molecule has 1 aliphatic heterocycles. The minimum atomic E-state index is -0.762. The first-order valence-electron chi connectivity index (χ1n) is 7.74. The van der Waals surface area contributed by atoms with E-state index in [2.05, 4.69) is 0 Å². The first kappa shape index (κ1) is 19.5. The van der Waals surface area contributed by atoms with Crippen LogP contribution in [0.15, 0.2) is 30.3 Å². The van der Waals surface area contributed by atoms with Crippen molar-refractivity contribution < 1.29 is 14.7 Å². The summed E-state index contributed by atoms with van der Waals surface area (Å²) in [5, 5.41) is 9.16. The van der Waals surface area contributed by atoms with E-state index < -0.39 is 5.97 Å². The Labute approximate surface area is 143 Å². The van der Waals surface area contributed by atoms with Gasteiger partial charge >= 0.3 is 5.97 Å². The predicted molar refractivity (Wildman–Crippen MR) is 91.6 cm³/mol. The summed E-state index contributed by atoms with van der Waals surface area (Å²) >= 11 is 0. The molecular formula is C17H25ClN2O3. The number of benzene rings is 1. The summed E-state index contributed by atoms with van der Waals surface area (Å²) in [5.74, 6) is -1.08. The fourth-order valence-electron chi connectivity index (χ4n) is 2.97. The molecule has 128 valence electrons. The number of nitrogens with zero attached hydrogens (tertiary/aromatic N) is 2. The number of likely N-dealkylation sites (tertiary alicyclic amines) is 1. The van der Waals surface area contributed by atoms with Crippen LogP contribution in [0.25, 0.3) is 0 Å². The van der Waals surface area contributed by atoms with E-state index in [1.165, 1.54) is 0 Å². The molecule has 1 heterocycles. The van der Waals surface area contributed by atoms with Gasteiger partial charge in [0.15, 0.2) is 0 Å². The van der Waals surface area contributed by atoms with Gasteiger partial charge in [-0.05, 0) is 31.9 Å². The molecular weight excluding hydrogens is 316 g/mol. The van der Waals surface area contributed by atoms with Crippen molar-refractivity contribution in [3.8, 4) is 0 Å². The van der Waals surface area contributed by atoms with E-state index in [1.807, 2.05) is 42.2 Å². The quantitative estimate of drug-likeness (QED) is 0.893. The first-order chi connectivity index (χ1) is 10.5. The minimum absolute atomic E-state index is 0. The summed E-state index contributed by atoms with van der Waals surface area (Å²) in [6, 6.07) is 9.58. The summed E-state index contributed by atoms with van der Waals surface area (Å²) in [6.45, 7) is 3.69. The van der Waals surface area contributed by atoms with E-state index in [-0.39, 0.29) is 30.3 Å². The standard InChI is InChI=1S/C17H24N2O3.ClH/c1-13(19-10-6-9-15(12-19)17(21)22)16(20)18(2)11-14-7-4-3-5-8-14;/h3-5,7-8,13,15H,6,9-12H2,1-2H3,(H,21,22);1H. The van der Waals surface area contributed by atoms with Crippen LogP contribution >= 0.6 is 12.4 Å². The Morgan fingerprint density at radius 3 is 2.61 bits per heavy atom. The van der Waals surface area contributed by atoms with E-state index in [0.717, 1.165) is 18.5 Å². The molecule has 1 saturated heterocycles. The van der Waals surface area contributed by atoms with E-state index in [4.69, 9.17) is 5.11 Å². The predicted octanol–water partition coefficient (Wildman–Crippen LogP) is 2.25. The Bertz CT molecular complexity index is 524. The van der Waals surface area contributed by atoms with Crippen LogP contribution in [-0.2, 0) is 16.1 Å². The van der Waals surface area contributed by atoms with Crippen molar-refractivity contribution in [1.82, 2.24) is 9.80 Å². The summed E-state index contributed by atoms with van der Waals surface area (Å²) in [4.78, 5) is 27.4. The molecule has 0 saturated carbocycles. The van der Waals surface area contributed by atoms with Gasteiger partial charge in [-0.15, -0.1) is 12.4 Å². The average Bonchev–Trinajstić information content (AvgIpc) is 2.54. The second-order valence-corrected chi connectivity index (χ2v) is 6.03. The number of hydrogen-bond acceptors (Lipinski definition) is 3. The van der Waals surface area contributed by atoms with Crippen LogP contribution in [0.3, 0.4) is 0 Å². The fourth-order valence-corrected chi connectivity index (χ4v) is 2.97. The summed E-state index contributed by atoms with van der Waals surface area (Å²) < 4.78 is 0. The topological polar surface area (TPSA) is 60.9 Å². The highest BCUT2D eigenvalue weighted by Gasteiger charge is 2.31. The molecule has 1 aromatic rings. The molecule has 1 amide bonds. The number of amides is 1. The molecule has 1 aromatic carbocycles. The molecule has 2 unspecified atom stereocenters. The number of carboxylic acid groups (broad SMARTS) is 1. The molecule has 0 bridgehead atoms. The minimum Gasteiger partial charge on any atom is -0.481 e. The van der Waals surface area contributed by atoms with Crippen molar-refractivity contribution in [2.45, 2.75) is 32.4 Å². The molecule has 1 fully saturated rings. The van der Waals surface area contributed by atoms with Crippen LogP contribution < -0.4 is 0 Å². The number of piperidine rings is 1. The number of carbonyl (C=O) groups is 2. The van der Waals surface area contributed by atoms with Gasteiger partial charge in [0.1, 0.15) is 0 Å². The van der Waals surface area contributed by atoms with Crippen molar-refractivity contribution in [2.75, 3.05) is 20.1 Å². The van der Waals surface area contributed by atoms with E-state index in [9.17, 15) is 9.59 Å². The lowest BCUT2D eigenvalue weighted by Crippen LogP contribution is -2.50. The van der Waals surface area contributed by atoms with Gasteiger partial charge in [-0.2, -0.15) is 0 Å². The second kappa shape index (κ2) is 8.89. The smallest absolute Gasteiger partial charge is 0.307 e. The normalized spacial score (nSPS) is 19.5. The number of hydrogen-bond donors (Lipinski definition) is 1. The summed E-state index contributed by atoms with van der Waals surface area (Å²) in [7, 11) is 1.80. The average molecular weight is 341 g/mol. The van der Waals surface area contributed by atoms with Gasteiger partial charge in [0.2, 0.25) is 5.91 Å². The number of aliphatic carboxylic acids is 1. The molecule has 1 aliphatic rings. The van der Waals surface area contributed by atoms with Gasteiger partial charge in [0, 0.05) is 20.1 Å². The van der Waals surface area contributed by atoms with Crippen LogP contribution in [0.5, 0.6) is 0 Å². The molecule has 23 heavy (non-hydrogen) atoms. The first-order valence-corrected chi connectivity index (χ1v) is 7.74. The largest absolute Gasteiger partial charge is 0.481 e. The van der Waals surface area contributed by atoms with Crippen LogP contribution in [0.2, 0.25) is 0 Å². The van der Waals surface area contributed by atoms with Gasteiger partial charge in [-0.25, -0.2) is 0 Å². The van der Waals surface area contributed by atoms with Crippen LogP contribution in [0.4, 0.5) is 0 Å². The maximum absolute atomic E-state index is 12.6. The SMILES string of the molecule is CC(C(=O)N(C)Cc1ccccc1)N1CCCC(C(=O)O)C1.Cl. The maximum Gasteiger partial charge on any atom is 0.307 e. The summed E-state index contributed by atoms with van der Waals surface area (Å²) in [5.41, 5.74) is 1.09. The molecule has 0 radical (unpaired) electrons. The van der Waals surface area contributed by atoms with Crippen molar-refractivity contribution in [1.29, 1.82) is 0 Å². The zero-order chi connectivity index (χ0) is 16.1. The van der Waals surface area contributed by atoms with Gasteiger partial charge in [-0.1, -0.05) is 30.3 Å². The zero-order valence-corrected chi connectivity index (χ0v) is 14.5. The Hall–Kier alpha value is -1.59. The van der Waals surface area contributed by atoms with Crippen molar-refractivity contribution in [3.05, 3.63) is 35.9 Å². The molecule has 0 aliphatic carbocycles. The van der Waals surface area contributed by atoms with Crippen molar-refractivity contribution in [3.63, 3.8) is 0 Å². The van der Waals surface area contributed by atoms with Crippen LogP contribution in [-0.4, -0.2) is 53.0 Å². The number of likely N-dealkylation sites (N-methyl/N-ethyl adjacent to an activating group) is 1. The highest BCUT2D eigenvalue weighted by Crippen LogP contribution is 2.19. The van der Waals surface area contributed by atoms with E-state index >= 15 is 0 Å². The second-order valence-electron chi connectivity index (χ2n) is 6.03. The molecule has 0 spiro atoms. The van der Waals surface area contributed by atoms with E-state index in [1.54, 1.807) is 11.9 Å². The Morgan fingerprint density at radius 2 is 2.00 bits per heavy atom. The number of halogens is 1. The van der Waals surface area contributed by atoms with Crippen LogP contribution in [0, 0.1) is 5.92 Å². The molecule has 1 N–H and O–H groups in total. The molecule has 5 nitrogen and oxygen atoms in total. The molecule has 2 atom stereocenters. The Kier molecular flexibility index (Phi) is 7.52. The zero-order valence-electron chi connectivity index (χ0n) is 13.6. The monoisotopic (exact) mass is 340 g/mol. The third-order valence-corrected chi connectivity index (χ3v) is 4.35.